The van der Waals surface area contributed by atoms with E-state index in [1.807, 2.05) is 43.0 Å². The van der Waals surface area contributed by atoms with E-state index in [0.717, 1.165) is 22.2 Å². The third-order valence-electron chi connectivity index (χ3n) is 5.29. The summed E-state index contributed by atoms with van der Waals surface area (Å²) in [6.45, 7) is 7.56. The molecule has 1 aromatic carbocycles. The Labute approximate surface area is 170 Å². The first-order chi connectivity index (χ1) is 13.9. The third kappa shape index (κ3) is 3.77. The monoisotopic (exact) mass is 394 g/mol. The van der Waals surface area contributed by atoms with Crippen molar-refractivity contribution in [2.24, 2.45) is 4.99 Å². The molecule has 29 heavy (non-hydrogen) atoms. The number of nitrogens with zero attached hydrogens (tertiary/aromatic N) is 3. The number of ether oxygens (including phenoxy) is 1. The lowest BCUT2D eigenvalue weighted by atomic mass is 10.0. The fourth-order valence-electron chi connectivity index (χ4n) is 3.95. The molecule has 0 saturated carbocycles. The molecule has 0 bridgehead atoms. The minimum Gasteiger partial charge on any atom is -0.462 e. The largest absolute Gasteiger partial charge is 0.462 e. The molecule has 0 unspecified atom stereocenters. The standard InChI is InChI=1S/C22H26N4O3/c1-4-29-21(28)17-11-26(19(27)12-25-13-22(2,3)23-14-25)10-9-16-15-7-5-6-8-18(15)24-20(16)17/h5-8,11,14,24H,4,9-10,12-13H2,1-3H3. The van der Waals surface area contributed by atoms with Crippen molar-refractivity contribution in [3.63, 3.8) is 0 Å². The van der Waals surface area contributed by atoms with E-state index in [0.29, 0.717) is 25.1 Å². The number of carbonyl (C=O) groups excluding carboxylic acids is 2. The maximum absolute atomic E-state index is 13.0. The highest BCUT2D eigenvalue weighted by Crippen LogP contribution is 2.31. The quantitative estimate of drug-likeness (QED) is 0.809. The molecular weight excluding hydrogens is 368 g/mol. The summed E-state index contributed by atoms with van der Waals surface area (Å²) in [5.41, 5.74) is 2.96. The van der Waals surface area contributed by atoms with Gasteiger partial charge >= 0.3 is 5.97 Å². The number of fused-ring (bicyclic) bond motifs is 3. The van der Waals surface area contributed by atoms with E-state index < -0.39 is 5.97 Å². The van der Waals surface area contributed by atoms with Gasteiger partial charge < -0.3 is 19.5 Å². The van der Waals surface area contributed by atoms with Gasteiger partial charge in [0.15, 0.2) is 0 Å². The molecule has 1 N–H and O–H groups in total. The van der Waals surface area contributed by atoms with E-state index in [9.17, 15) is 9.59 Å². The molecule has 0 spiro atoms. The molecule has 7 heteroatoms. The number of aliphatic imine (C=N–C) groups is 1. The van der Waals surface area contributed by atoms with Gasteiger partial charge in [0.2, 0.25) is 5.91 Å². The van der Waals surface area contributed by atoms with Gasteiger partial charge in [-0.2, -0.15) is 0 Å². The molecule has 2 aliphatic rings. The molecule has 7 nitrogen and oxygen atoms in total. The molecule has 2 aromatic rings. The number of H-pyrrole nitrogens is 1. The molecular formula is C22H26N4O3. The normalized spacial score (nSPS) is 17.8. The number of rotatable bonds is 4. The van der Waals surface area contributed by atoms with E-state index in [1.54, 1.807) is 24.4 Å². The van der Waals surface area contributed by atoms with Crippen LogP contribution in [-0.4, -0.2) is 64.8 Å². The van der Waals surface area contributed by atoms with E-state index in [1.165, 1.54) is 0 Å². The Morgan fingerprint density at radius 2 is 2.07 bits per heavy atom. The highest BCUT2D eigenvalue weighted by atomic mass is 16.5. The Bertz CT molecular complexity index is 1020. The zero-order chi connectivity index (χ0) is 20.6. The minimum atomic E-state index is -0.427. The Kier molecular flexibility index (Phi) is 4.90. The second-order valence-corrected chi connectivity index (χ2v) is 8.09. The highest BCUT2D eigenvalue weighted by molar-refractivity contribution is 6.18. The lowest BCUT2D eigenvalue weighted by Gasteiger charge is -2.23. The Morgan fingerprint density at radius 3 is 2.79 bits per heavy atom. The number of benzene rings is 1. The summed E-state index contributed by atoms with van der Waals surface area (Å²) in [4.78, 5) is 37.0. The summed E-state index contributed by atoms with van der Waals surface area (Å²) in [6, 6.07) is 7.96. The van der Waals surface area contributed by atoms with E-state index in [-0.39, 0.29) is 24.6 Å². The van der Waals surface area contributed by atoms with Gasteiger partial charge in [-0.15, -0.1) is 0 Å². The second kappa shape index (κ2) is 7.39. The van der Waals surface area contributed by atoms with Crippen LogP contribution in [0.15, 0.2) is 35.5 Å². The van der Waals surface area contributed by atoms with Crippen molar-refractivity contribution in [2.45, 2.75) is 32.7 Å². The van der Waals surface area contributed by atoms with Crippen LogP contribution < -0.4 is 0 Å². The molecule has 3 heterocycles. The second-order valence-electron chi connectivity index (χ2n) is 8.09. The van der Waals surface area contributed by atoms with E-state index in [4.69, 9.17) is 4.74 Å². The third-order valence-corrected chi connectivity index (χ3v) is 5.29. The fraction of sp³-hybridized carbons (Fsp3) is 0.409. The van der Waals surface area contributed by atoms with Crippen LogP contribution in [0.5, 0.6) is 0 Å². The Balaban J connectivity index is 1.65. The van der Waals surface area contributed by atoms with Crippen molar-refractivity contribution in [3.05, 3.63) is 41.7 Å². The Hall–Kier alpha value is -3.09. The summed E-state index contributed by atoms with van der Waals surface area (Å²) in [6.07, 6.45) is 4.03. The SMILES string of the molecule is CCOC(=O)C1=CN(C(=O)CN2C=NC(C)(C)C2)CCc2c1[nH]c1ccccc21. The topological polar surface area (TPSA) is 78.0 Å². The van der Waals surface area contributed by atoms with Crippen molar-refractivity contribution in [1.82, 2.24) is 14.8 Å². The van der Waals surface area contributed by atoms with Crippen LogP contribution in [-0.2, 0) is 20.7 Å². The van der Waals surface area contributed by atoms with Crippen molar-refractivity contribution >= 4 is 34.7 Å². The summed E-state index contributed by atoms with van der Waals surface area (Å²) >= 11 is 0. The van der Waals surface area contributed by atoms with Gasteiger partial charge in [0.25, 0.3) is 0 Å². The summed E-state index contributed by atoms with van der Waals surface area (Å²) in [7, 11) is 0. The molecule has 0 atom stereocenters. The fourth-order valence-corrected chi connectivity index (χ4v) is 3.95. The number of para-hydroxylation sites is 1. The van der Waals surface area contributed by atoms with Gasteiger partial charge in [-0.25, -0.2) is 4.79 Å². The summed E-state index contributed by atoms with van der Waals surface area (Å²) in [5.74, 6) is -0.491. The van der Waals surface area contributed by atoms with Crippen molar-refractivity contribution in [2.75, 3.05) is 26.2 Å². The molecule has 0 radical (unpaired) electrons. The van der Waals surface area contributed by atoms with Crippen LogP contribution in [0.2, 0.25) is 0 Å². The maximum atomic E-state index is 13.0. The molecule has 0 aliphatic carbocycles. The van der Waals surface area contributed by atoms with Crippen molar-refractivity contribution in [1.29, 1.82) is 0 Å². The number of aromatic amines is 1. The number of aromatic nitrogens is 1. The van der Waals surface area contributed by atoms with E-state index >= 15 is 0 Å². The van der Waals surface area contributed by atoms with Crippen molar-refractivity contribution in [3.8, 4) is 0 Å². The van der Waals surface area contributed by atoms with Crippen LogP contribution in [0.4, 0.5) is 0 Å². The average Bonchev–Trinajstić information content (AvgIpc) is 3.14. The predicted octanol–water partition coefficient (Wildman–Crippen LogP) is 2.58. The molecule has 0 fully saturated rings. The molecule has 4 rings (SSSR count). The highest BCUT2D eigenvalue weighted by Gasteiger charge is 2.30. The van der Waals surface area contributed by atoms with Crippen LogP contribution in [0.25, 0.3) is 16.5 Å². The van der Waals surface area contributed by atoms with Gasteiger partial charge in [-0.05, 0) is 38.8 Å². The van der Waals surface area contributed by atoms with Gasteiger partial charge in [-0.3, -0.25) is 9.79 Å². The first kappa shape index (κ1) is 19.2. The number of esters is 1. The molecule has 0 saturated heterocycles. The average molecular weight is 394 g/mol. The number of amides is 1. The predicted molar refractivity (Wildman–Crippen MR) is 112 cm³/mol. The smallest absolute Gasteiger partial charge is 0.341 e. The lowest BCUT2D eigenvalue weighted by Crippen LogP contribution is -2.39. The number of nitrogens with one attached hydrogen (secondary N) is 1. The van der Waals surface area contributed by atoms with Crippen LogP contribution >= 0.6 is 0 Å². The lowest BCUT2D eigenvalue weighted by molar-refractivity contribution is -0.136. The van der Waals surface area contributed by atoms with Crippen LogP contribution in [0.3, 0.4) is 0 Å². The number of hydrogen-bond donors (Lipinski definition) is 1. The molecule has 1 aromatic heterocycles. The number of carbonyl (C=O) groups is 2. The number of hydrogen-bond acceptors (Lipinski definition) is 5. The summed E-state index contributed by atoms with van der Waals surface area (Å²) < 4.78 is 5.28. The zero-order valence-electron chi connectivity index (χ0n) is 17.1. The molecule has 152 valence electrons. The van der Waals surface area contributed by atoms with E-state index in [2.05, 4.69) is 9.98 Å². The maximum Gasteiger partial charge on any atom is 0.341 e. The van der Waals surface area contributed by atoms with Gasteiger partial charge in [0, 0.05) is 30.2 Å². The van der Waals surface area contributed by atoms with Gasteiger partial charge in [0.1, 0.15) is 0 Å². The first-order valence-electron chi connectivity index (χ1n) is 9.96. The summed E-state index contributed by atoms with van der Waals surface area (Å²) in [5, 5.41) is 1.07. The Morgan fingerprint density at radius 1 is 1.28 bits per heavy atom. The molecule has 1 amide bonds. The first-order valence-corrected chi connectivity index (χ1v) is 9.96. The zero-order valence-corrected chi connectivity index (χ0v) is 17.1. The minimum absolute atomic E-state index is 0.0644. The molecule has 2 aliphatic heterocycles. The van der Waals surface area contributed by atoms with Gasteiger partial charge in [-0.1, -0.05) is 18.2 Å². The van der Waals surface area contributed by atoms with Crippen LogP contribution in [0, 0.1) is 0 Å². The van der Waals surface area contributed by atoms with Gasteiger partial charge in [0.05, 0.1) is 36.3 Å². The van der Waals surface area contributed by atoms with Crippen molar-refractivity contribution < 1.29 is 14.3 Å². The van der Waals surface area contributed by atoms with Crippen LogP contribution in [0.1, 0.15) is 32.0 Å².